The van der Waals surface area contributed by atoms with Gasteiger partial charge < -0.3 is 26.0 Å². The van der Waals surface area contributed by atoms with E-state index in [1.54, 1.807) is 0 Å². The van der Waals surface area contributed by atoms with Crippen molar-refractivity contribution >= 4 is 11.4 Å². The molecule has 0 aliphatic rings. The Balaban J connectivity index is 2.74. The van der Waals surface area contributed by atoms with Gasteiger partial charge >= 0.3 is 0 Å². The van der Waals surface area contributed by atoms with Crippen molar-refractivity contribution in [3.05, 3.63) is 17.0 Å². The SMILES string of the molecule is Nc1cc(OCCN=O)c(N)cc1OCCO. The standard InChI is InChI=1S/C10H15N3O4/c11-7-6-10(17-4-2-14)8(12)5-9(7)16-3-1-13-15/h5-6,14H,1-4,11-12H2. The second-order valence-electron chi connectivity index (χ2n) is 3.20. The first kappa shape index (κ1) is 13.0. The summed E-state index contributed by atoms with van der Waals surface area (Å²) in [5.41, 5.74) is 12.1. The van der Waals surface area contributed by atoms with E-state index >= 15 is 0 Å². The minimum atomic E-state index is -0.109. The Kier molecular flexibility index (Phi) is 5.02. The van der Waals surface area contributed by atoms with Gasteiger partial charge in [-0.3, -0.25) is 0 Å². The third-order valence-electron chi connectivity index (χ3n) is 1.93. The summed E-state index contributed by atoms with van der Waals surface area (Å²) >= 11 is 0. The lowest BCUT2D eigenvalue weighted by atomic mass is 10.2. The molecule has 0 aromatic heterocycles. The van der Waals surface area contributed by atoms with Gasteiger partial charge in [-0.15, -0.1) is 0 Å². The van der Waals surface area contributed by atoms with Crippen molar-refractivity contribution in [1.82, 2.24) is 0 Å². The number of aliphatic hydroxyl groups excluding tert-OH is 1. The second-order valence-corrected chi connectivity index (χ2v) is 3.20. The normalized spacial score (nSPS) is 9.94. The zero-order valence-corrected chi connectivity index (χ0v) is 9.26. The Bertz CT molecular complexity index is 384. The van der Waals surface area contributed by atoms with Crippen LogP contribution in [-0.4, -0.2) is 31.5 Å². The van der Waals surface area contributed by atoms with Gasteiger partial charge in [0, 0.05) is 12.1 Å². The van der Waals surface area contributed by atoms with E-state index in [2.05, 4.69) is 5.18 Å². The number of benzene rings is 1. The average molecular weight is 241 g/mol. The topological polar surface area (TPSA) is 120 Å². The molecule has 0 aliphatic carbocycles. The molecule has 1 rings (SSSR count). The van der Waals surface area contributed by atoms with Crippen LogP contribution in [-0.2, 0) is 0 Å². The smallest absolute Gasteiger partial charge is 0.144 e. The van der Waals surface area contributed by atoms with Crippen molar-refractivity contribution in [2.75, 3.05) is 37.8 Å². The van der Waals surface area contributed by atoms with Gasteiger partial charge in [0.05, 0.1) is 18.0 Å². The molecular formula is C10H15N3O4. The van der Waals surface area contributed by atoms with Gasteiger partial charge in [-0.25, -0.2) is 0 Å². The first-order valence-electron chi connectivity index (χ1n) is 5.03. The molecule has 94 valence electrons. The molecule has 5 N–H and O–H groups in total. The Hall–Kier alpha value is -2.02. The summed E-state index contributed by atoms with van der Waals surface area (Å²) in [7, 11) is 0. The summed E-state index contributed by atoms with van der Waals surface area (Å²) in [5.74, 6) is 0.764. The monoisotopic (exact) mass is 241 g/mol. The van der Waals surface area contributed by atoms with Gasteiger partial charge in [-0.2, -0.15) is 4.91 Å². The zero-order chi connectivity index (χ0) is 12.7. The van der Waals surface area contributed by atoms with Gasteiger partial charge in [-0.1, -0.05) is 5.18 Å². The third kappa shape index (κ3) is 3.80. The molecule has 0 radical (unpaired) electrons. The number of hydrogen-bond donors (Lipinski definition) is 3. The Labute approximate surface area is 98.3 Å². The average Bonchev–Trinajstić information content (AvgIpc) is 2.31. The van der Waals surface area contributed by atoms with E-state index in [0.29, 0.717) is 22.9 Å². The molecule has 0 saturated heterocycles. The summed E-state index contributed by atoms with van der Waals surface area (Å²) in [6.45, 7) is 0.216. The largest absolute Gasteiger partial charge is 0.489 e. The number of aliphatic hydroxyl groups is 1. The molecule has 0 aliphatic heterocycles. The predicted molar refractivity (Wildman–Crippen MR) is 64.0 cm³/mol. The van der Waals surface area contributed by atoms with Crippen LogP contribution in [0.1, 0.15) is 0 Å². The second kappa shape index (κ2) is 6.54. The van der Waals surface area contributed by atoms with E-state index in [4.69, 9.17) is 26.0 Å². The lowest BCUT2D eigenvalue weighted by Crippen LogP contribution is -2.07. The molecule has 17 heavy (non-hydrogen) atoms. The minimum Gasteiger partial charge on any atom is -0.489 e. The number of nitroso groups, excluding NO2 is 1. The van der Waals surface area contributed by atoms with E-state index in [-0.39, 0.29) is 26.4 Å². The van der Waals surface area contributed by atoms with Crippen molar-refractivity contribution in [1.29, 1.82) is 0 Å². The molecule has 7 nitrogen and oxygen atoms in total. The van der Waals surface area contributed by atoms with Gasteiger partial charge in [0.25, 0.3) is 0 Å². The number of nitrogens with two attached hydrogens (primary N) is 2. The van der Waals surface area contributed by atoms with Crippen LogP contribution in [0.25, 0.3) is 0 Å². The van der Waals surface area contributed by atoms with Crippen LogP contribution in [0.2, 0.25) is 0 Å². The van der Waals surface area contributed by atoms with Crippen molar-refractivity contribution in [3.8, 4) is 11.5 Å². The van der Waals surface area contributed by atoms with E-state index < -0.39 is 0 Å². The van der Waals surface area contributed by atoms with E-state index in [1.165, 1.54) is 12.1 Å². The van der Waals surface area contributed by atoms with Crippen molar-refractivity contribution in [2.24, 2.45) is 5.18 Å². The quantitative estimate of drug-likeness (QED) is 0.360. The summed E-state index contributed by atoms with van der Waals surface area (Å²) in [6, 6.07) is 3.02. The van der Waals surface area contributed by atoms with E-state index in [0.717, 1.165) is 0 Å². The van der Waals surface area contributed by atoms with Gasteiger partial charge in [0.2, 0.25) is 0 Å². The third-order valence-corrected chi connectivity index (χ3v) is 1.93. The maximum absolute atomic E-state index is 9.89. The van der Waals surface area contributed by atoms with Gasteiger partial charge in [0.1, 0.15) is 31.3 Å². The molecule has 0 amide bonds. The first-order valence-corrected chi connectivity index (χ1v) is 5.03. The molecule has 1 aromatic carbocycles. The number of rotatable bonds is 7. The summed E-state index contributed by atoms with van der Waals surface area (Å²) in [6.07, 6.45) is 0. The molecule has 0 unspecified atom stereocenters. The van der Waals surface area contributed by atoms with Crippen LogP contribution in [0, 0.1) is 4.91 Å². The Morgan fingerprint density at radius 1 is 1.12 bits per heavy atom. The van der Waals surface area contributed by atoms with Crippen LogP contribution < -0.4 is 20.9 Å². The molecule has 1 aromatic rings. The number of nitrogen functional groups attached to an aromatic ring is 2. The fourth-order valence-electron chi connectivity index (χ4n) is 1.19. The summed E-state index contributed by atoms with van der Waals surface area (Å²) in [5, 5.41) is 11.3. The molecule has 0 atom stereocenters. The molecule has 0 fully saturated rings. The lowest BCUT2D eigenvalue weighted by molar-refractivity contribution is 0.202. The fraction of sp³-hybridized carbons (Fsp3) is 0.400. The van der Waals surface area contributed by atoms with Crippen LogP contribution >= 0.6 is 0 Å². The Morgan fingerprint density at radius 3 is 2.12 bits per heavy atom. The molecule has 7 heteroatoms. The molecule has 0 spiro atoms. The van der Waals surface area contributed by atoms with Crippen molar-refractivity contribution in [3.63, 3.8) is 0 Å². The number of ether oxygens (including phenoxy) is 2. The number of hydrogen-bond acceptors (Lipinski definition) is 7. The Morgan fingerprint density at radius 2 is 1.65 bits per heavy atom. The van der Waals surface area contributed by atoms with Crippen LogP contribution in [0.15, 0.2) is 17.3 Å². The lowest BCUT2D eigenvalue weighted by Gasteiger charge is -2.12. The molecule has 0 heterocycles. The van der Waals surface area contributed by atoms with Crippen molar-refractivity contribution in [2.45, 2.75) is 0 Å². The van der Waals surface area contributed by atoms with Crippen LogP contribution in [0.3, 0.4) is 0 Å². The maximum atomic E-state index is 9.89. The van der Waals surface area contributed by atoms with E-state index in [9.17, 15) is 4.91 Å². The van der Waals surface area contributed by atoms with E-state index in [1.807, 2.05) is 0 Å². The minimum absolute atomic E-state index is 0.0438. The molecule has 0 bridgehead atoms. The van der Waals surface area contributed by atoms with Gasteiger partial charge in [-0.05, 0) is 0 Å². The summed E-state index contributed by atoms with van der Waals surface area (Å²) in [4.78, 5) is 9.89. The molecule has 0 saturated carbocycles. The molecular weight excluding hydrogens is 226 g/mol. The number of anilines is 2. The predicted octanol–water partition coefficient (Wildman–Crippen LogP) is 0.367. The first-order chi connectivity index (χ1) is 8.19. The van der Waals surface area contributed by atoms with Gasteiger partial charge in [0.15, 0.2) is 0 Å². The highest BCUT2D eigenvalue weighted by Gasteiger charge is 2.08. The van der Waals surface area contributed by atoms with Crippen molar-refractivity contribution < 1.29 is 14.6 Å². The highest BCUT2D eigenvalue weighted by molar-refractivity contribution is 5.67. The zero-order valence-electron chi connectivity index (χ0n) is 9.26. The summed E-state index contributed by atoms with van der Waals surface area (Å²) < 4.78 is 10.4. The maximum Gasteiger partial charge on any atom is 0.144 e. The highest BCUT2D eigenvalue weighted by atomic mass is 16.5. The van der Waals surface area contributed by atoms with Crippen LogP contribution in [0.4, 0.5) is 11.4 Å². The van der Waals surface area contributed by atoms with Crippen LogP contribution in [0.5, 0.6) is 11.5 Å². The highest BCUT2D eigenvalue weighted by Crippen LogP contribution is 2.32. The number of nitrogens with zero attached hydrogens (tertiary/aromatic N) is 1. The fourth-order valence-corrected chi connectivity index (χ4v) is 1.19.